The largest absolute Gasteiger partial charge is 0.497 e. The molecule has 2 heterocycles. The number of methoxy groups -OCH3 is 1. The second-order valence-electron chi connectivity index (χ2n) is 7.12. The number of likely N-dealkylation sites (tertiary alicyclic amines) is 1. The fourth-order valence-electron chi connectivity index (χ4n) is 3.73. The Hall–Kier alpha value is -1.12. The van der Waals surface area contributed by atoms with E-state index in [-0.39, 0.29) is 16.4 Å². The van der Waals surface area contributed by atoms with E-state index in [1.54, 1.807) is 12.1 Å². The Morgan fingerprint density at radius 2 is 1.68 bits per heavy atom. The predicted molar refractivity (Wildman–Crippen MR) is 96.4 cm³/mol. The van der Waals surface area contributed by atoms with E-state index < -0.39 is 31.0 Å². The molecule has 1 aromatic rings. The molecule has 2 aliphatic heterocycles. The molecule has 0 bridgehead atoms. The number of rotatable bonds is 4. The molecule has 8 heteroatoms. The van der Waals surface area contributed by atoms with Crippen LogP contribution in [0.3, 0.4) is 0 Å². The van der Waals surface area contributed by atoms with E-state index in [0.29, 0.717) is 11.7 Å². The Bertz CT molecular complexity index is 809. The van der Waals surface area contributed by atoms with Crippen molar-refractivity contribution in [2.24, 2.45) is 5.92 Å². The molecule has 0 amide bonds. The van der Waals surface area contributed by atoms with E-state index in [2.05, 4.69) is 11.8 Å². The summed E-state index contributed by atoms with van der Waals surface area (Å²) in [6.07, 6.45) is 1.96. The number of hydrogen-bond acceptors (Lipinski definition) is 6. The Morgan fingerprint density at radius 3 is 2.24 bits per heavy atom. The van der Waals surface area contributed by atoms with E-state index in [1.807, 2.05) is 0 Å². The van der Waals surface area contributed by atoms with E-state index in [4.69, 9.17) is 4.74 Å². The first-order chi connectivity index (χ1) is 11.7. The predicted octanol–water partition coefficient (Wildman–Crippen LogP) is 1.37. The fourth-order valence-corrected chi connectivity index (χ4v) is 8.56. The van der Waals surface area contributed by atoms with Gasteiger partial charge in [0.1, 0.15) is 5.75 Å². The van der Waals surface area contributed by atoms with Gasteiger partial charge in [0, 0.05) is 6.04 Å². The van der Waals surface area contributed by atoms with Crippen LogP contribution in [0.4, 0.5) is 0 Å². The zero-order chi connectivity index (χ0) is 18.2. The Balaban J connectivity index is 1.91. The lowest BCUT2D eigenvalue weighted by atomic mass is 9.98. The van der Waals surface area contributed by atoms with Gasteiger partial charge in [-0.1, -0.05) is 6.92 Å². The summed E-state index contributed by atoms with van der Waals surface area (Å²) in [6.45, 7) is 3.69. The molecule has 6 nitrogen and oxygen atoms in total. The number of benzene rings is 1. The topological polar surface area (TPSA) is 80.8 Å². The van der Waals surface area contributed by atoms with Gasteiger partial charge in [-0.3, -0.25) is 4.90 Å². The molecule has 0 spiro atoms. The van der Waals surface area contributed by atoms with Crippen LogP contribution in [0.15, 0.2) is 29.2 Å². The molecule has 2 saturated heterocycles. The summed E-state index contributed by atoms with van der Waals surface area (Å²) >= 11 is 0. The van der Waals surface area contributed by atoms with Crippen LogP contribution in [-0.4, -0.2) is 64.7 Å². The summed E-state index contributed by atoms with van der Waals surface area (Å²) < 4.78 is 55.7. The van der Waals surface area contributed by atoms with Crippen molar-refractivity contribution in [2.75, 3.05) is 31.7 Å². The van der Waals surface area contributed by atoms with Gasteiger partial charge in [0.2, 0.25) is 0 Å². The normalized spacial score (nSPS) is 28.1. The first-order valence-electron chi connectivity index (χ1n) is 8.55. The monoisotopic (exact) mass is 387 g/mol. The molecule has 2 fully saturated rings. The number of piperidine rings is 1. The summed E-state index contributed by atoms with van der Waals surface area (Å²) in [7, 11) is -5.57. The van der Waals surface area contributed by atoms with Crippen LogP contribution in [0.1, 0.15) is 19.8 Å². The van der Waals surface area contributed by atoms with E-state index in [9.17, 15) is 16.8 Å². The second-order valence-corrected chi connectivity index (χ2v) is 11.4. The lowest BCUT2D eigenvalue weighted by Gasteiger charge is -2.36. The molecule has 2 atom stereocenters. The summed E-state index contributed by atoms with van der Waals surface area (Å²) in [5, 5.41) is -0.903. The average molecular weight is 388 g/mol. The molecular weight excluding hydrogens is 362 g/mol. The lowest BCUT2D eigenvalue weighted by Crippen LogP contribution is -2.49. The smallest absolute Gasteiger partial charge is 0.183 e. The maximum atomic E-state index is 13.1. The molecule has 0 aromatic heterocycles. The van der Waals surface area contributed by atoms with Crippen LogP contribution in [0, 0.1) is 5.92 Å². The van der Waals surface area contributed by atoms with Crippen molar-refractivity contribution in [1.82, 2.24) is 4.90 Å². The SMILES string of the molecule is COc1ccc(S(=O)(=O)[C@H]2CS(=O)(=O)C[C@@H]2N2CCC(C)CC2)cc1. The maximum absolute atomic E-state index is 13.1. The zero-order valence-corrected chi connectivity index (χ0v) is 16.2. The van der Waals surface area contributed by atoms with Gasteiger partial charge >= 0.3 is 0 Å². The van der Waals surface area contributed by atoms with Crippen LogP contribution < -0.4 is 4.74 Å². The van der Waals surface area contributed by atoms with Gasteiger partial charge in [0.05, 0.1) is 28.8 Å². The van der Waals surface area contributed by atoms with Crippen LogP contribution in [0.5, 0.6) is 5.75 Å². The zero-order valence-electron chi connectivity index (χ0n) is 14.6. The van der Waals surface area contributed by atoms with Crippen LogP contribution in [0.2, 0.25) is 0 Å². The van der Waals surface area contributed by atoms with Crippen molar-refractivity contribution in [3.05, 3.63) is 24.3 Å². The molecule has 25 heavy (non-hydrogen) atoms. The van der Waals surface area contributed by atoms with E-state index >= 15 is 0 Å². The second kappa shape index (κ2) is 6.89. The molecule has 1 aromatic carbocycles. The third-order valence-electron chi connectivity index (χ3n) is 5.35. The maximum Gasteiger partial charge on any atom is 0.183 e. The van der Waals surface area contributed by atoms with Gasteiger partial charge in [-0.2, -0.15) is 0 Å². The highest BCUT2D eigenvalue weighted by atomic mass is 32.2. The fraction of sp³-hybridized carbons (Fsp3) is 0.647. The minimum atomic E-state index is -3.72. The molecule has 0 aliphatic carbocycles. The third kappa shape index (κ3) is 3.85. The van der Waals surface area contributed by atoms with Gasteiger partial charge in [-0.25, -0.2) is 16.8 Å². The quantitative estimate of drug-likeness (QED) is 0.776. The molecule has 140 valence electrons. The first-order valence-corrected chi connectivity index (χ1v) is 11.9. The van der Waals surface area contributed by atoms with Crippen LogP contribution in [0.25, 0.3) is 0 Å². The molecule has 0 saturated carbocycles. The van der Waals surface area contributed by atoms with E-state index in [1.165, 1.54) is 19.2 Å². The summed E-state index contributed by atoms with van der Waals surface area (Å²) in [5.74, 6) is 0.810. The van der Waals surface area contributed by atoms with Gasteiger partial charge in [-0.05, 0) is 56.1 Å². The first kappa shape index (κ1) is 18.7. The highest BCUT2D eigenvalue weighted by Gasteiger charge is 2.48. The van der Waals surface area contributed by atoms with Crippen LogP contribution in [-0.2, 0) is 19.7 Å². The minimum absolute atomic E-state index is 0.0680. The minimum Gasteiger partial charge on any atom is -0.497 e. The molecular formula is C17H25NO5S2. The Labute approximate surface area is 150 Å². The van der Waals surface area contributed by atoms with Crippen molar-refractivity contribution < 1.29 is 21.6 Å². The number of hydrogen-bond donors (Lipinski definition) is 0. The number of ether oxygens (including phenoxy) is 1. The summed E-state index contributed by atoms with van der Waals surface area (Å²) in [5.41, 5.74) is 0. The molecule has 2 aliphatic rings. The van der Waals surface area contributed by atoms with Gasteiger partial charge in [0.15, 0.2) is 19.7 Å². The van der Waals surface area contributed by atoms with Crippen molar-refractivity contribution in [2.45, 2.75) is 36.0 Å². The summed E-state index contributed by atoms with van der Waals surface area (Å²) in [4.78, 5) is 2.22. The van der Waals surface area contributed by atoms with Crippen LogP contribution >= 0.6 is 0 Å². The van der Waals surface area contributed by atoms with Crippen molar-refractivity contribution in [3.8, 4) is 5.75 Å². The van der Waals surface area contributed by atoms with Crippen molar-refractivity contribution >= 4 is 19.7 Å². The van der Waals surface area contributed by atoms with Crippen molar-refractivity contribution in [1.29, 1.82) is 0 Å². The number of nitrogens with zero attached hydrogens (tertiary/aromatic N) is 1. The van der Waals surface area contributed by atoms with Gasteiger partial charge in [0.25, 0.3) is 0 Å². The highest BCUT2D eigenvalue weighted by Crippen LogP contribution is 2.32. The van der Waals surface area contributed by atoms with Gasteiger partial charge < -0.3 is 4.74 Å². The Morgan fingerprint density at radius 1 is 1.08 bits per heavy atom. The average Bonchev–Trinajstić information content (AvgIpc) is 2.92. The lowest BCUT2D eigenvalue weighted by molar-refractivity contribution is 0.151. The molecule has 0 radical (unpaired) electrons. The molecule has 0 N–H and O–H groups in total. The van der Waals surface area contributed by atoms with Gasteiger partial charge in [-0.15, -0.1) is 0 Å². The third-order valence-corrected chi connectivity index (χ3v) is 9.48. The van der Waals surface area contributed by atoms with E-state index in [0.717, 1.165) is 25.9 Å². The Kier molecular flexibility index (Phi) is 5.14. The summed E-state index contributed by atoms with van der Waals surface area (Å²) in [6, 6.07) is 5.72. The standard InChI is InChI=1S/C17H25NO5S2/c1-13-7-9-18(10-8-13)16-11-24(19,20)12-17(16)25(21,22)15-5-3-14(23-2)4-6-15/h3-6,13,16-17H,7-12H2,1-2H3/t16-,17-/m0/s1. The van der Waals surface area contributed by atoms with Crippen molar-refractivity contribution in [3.63, 3.8) is 0 Å². The molecule has 3 rings (SSSR count). The molecule has 0 unspecified atom stereocenters. The highest BCUT2D eigenvalue weighted by molar-refractivity contribution is 7.96. The number of sulfone groups is 2.